The third-order valence-corrected chi connectivity index (χ3v) is 3.90. The lowest BCUT2D eigenvalue weighted by Crippen LogP contribution is -2.46. The zero-order chi connectivity index (χ0) is 13.4. The molecule has 1 aromatic heterocycles. The molecule has 0 radical (unpaired) electrons. The number of aromatic nitrogens is 1. The number of piperazine rings is 1. The number of fused-ring (bicyclic) bond motifs is 1. The van der Waals surface area contributed by atoms with Crippen LogP contribution in [0.4, 0.5) is 10.2 Å². The normalized spacial score (nSPS) is 17.3. The van der Waals surface area contributed by atoms with Crippen molar-refractivity contribution in [2.24, 2.45) is 0 Å². The molecular formula is C13H15ClFN3O. The predicted octanol–water partition coefficient (Wildman–Crippen LogP) is 2.76. The van der Waals surface area contributed by atoms with Crippen LogP contribution in [0.25, 0.3) is 11.0 Å². The standard InChI is InChI=1S/C13H15ClFN3O/c1-2-17-3-5-18(6-4-17)13-9-7-10(14)11(15)8-12(9)19-16-13/h7-8H,2-6H2,1H3. The van der Waals surface area contributed by atoms with Crippen LogP contribution in [0.5, 0.6) is 0 Å². The van der Waals surface area contributed by atoms with Crippen LogP contribution in [0, 0.1) is 5.82 Å². The van der Waals surface area contributed by atoms with Crippen LogP contribution in [0.15, 0.2) is 16.7 Å². The van der Waals surface area contributed by atoms with E-state index in [0.29, 0.717) is 5.58 Å². The smallest absolute Gasteiger partial charge is 0.180 e. The molecule has 1 fully saturated rings. The molecule has 0 saturated carbocycles. The number of likely N-dealkylation sites (N-methyl/N-ethyl adjacent to an activating group) is 1. The van der Waals surface area contributed by atoms with Gasteiger partial charge in [0.05, 0.1) is 10.4 Å². The molecule has 0 aliphatic carbocycles. The Morgan fingerprint density at radius 1 is 1.32 bits per heavy atom. The van der Waals surface area contributed by atoms with E-state index in [4.69, 9.17) is 16.1 Å². The Bertz CT molecular complexity index is 593. The van der Waals surface area contributed by atoms with Crippen molar-refractivity contribution in [3.05, 3.63) is 23.0 Å². The van der Waals surface area contributed by atoms with Gasteiger partial charge in [0.1, 0.15) is 5.82 Å². The van der Waals surface area contributed by atoms with Crippen LogP contribution in [-0.4, -0.2) is 42.8 Å². The molecule has 1 aromatic carbocycles. The number of nitrogens with zero attached hydrogens (tertiary/aromatic N) is 3. The van der Waals surface area contributed by atoms with Gasteiger partial charge in [0.25, 0.3) is 0 Å². The highest BCUT2D eigenvalue weighted by Crippen LogP contribution is 2.30. The first-order valence-electron chi connectivity index (χ1n) is 6.40. The summed E-state index contributed by atoms with van der Waals surface area (Å²) < 4.78 is 18.5. The van der Waals surface area contributed by atoms with E-state index in [9.17, 15) is 4.39 Å². The van der Waals surface area contributed by atoms with Crippen LogP contribution in [0.3, 0.4) is 0 Å². The number of halogens is 2. The van der Waals surface area contributed by atoms with Crippen molar-refractivity contribution < 1.29 is 8.91 Å². The molecule has 0 unspecified atom stereocenters. The van der Waals surface area contributed by atoms with Gasteiger partial charge in [-0.25, -0.2) is 4.39 Å². The van der Waals surface area contributed by atoms with Gasteiger partial charge in [-0.1, -0.05) is 23.7 Å². The molecule has 4 nitrogen and oxygen atoms in total. The zero-order valence-corrected chi connectivity index (χ0v) is 11.5. The van der Waals surface area contributed by atoms with Crippen LogP contribution in [-0.2, 0) is 0 Å². The van der Waals surface area contributed by atoms with Crippen molar-refractivity contribution in [2.45, 2.75) is 6.92 Å². The van der Waals surface area contributed by atoms with Crippen molar-refractivity contribution >= 4 is 28.4 Å². The quantitative estimate of drug-likeness (QED) is 0.848. The molecule has 102 valence electrons. The molecule has 1 aliphatic rings. The number of rotatable bonds is 2. The van der Waals surface area contributed by atoms with Crippen LogP contribution in [0.1, 0.15) is 6.92 Å². The SMILES string of the molecule is CCN1CCN(c2noc3cc(F)c(Cl)cc23)CC1. The largest absolute Gasteiger partial charge is 0.354 e. The molecule has 0 amide bonds. The minimum Gasteiger partial charge on any atom is -0.354 e. The highest BCUT2D eigenvalue weighted by molar-refractivity contribution is 6.31. The fourth-order valence-electron chi connectivity index (χ4n) is 2.42. The molecule has 2 aromatic rings. The second-order valence-electron chi connectivity index (χ2n) is 4.69. The Hall–Kier alpha value is -1.33. The highest BCUT2D eigenvalue weighted by atomic mass is 35.5. The van der Waals surface area contributed by atoms with Gasteiger partial charge in [-0.2, -0.15) is 0 Å². The Morgan fingerprint density at radius 3 is 2.74 bits per heavy atom. The summed E-state index contributed by atoms with van der Waals surface area (Å²) >= 11 is 5.83. The Balaban J connectivity index is 1.91. The minimum atomic E-state index is -0.479. The van der Waals surface area contributed by atoms with Crippen LogP contribution < -0.4 is 4.90 Å². The van der Waals surface area contributed by atoms with Gasteiger partial charge >= 0.3 is 0 Å². The topological polar surface area (TPSA) is 32.5 Å². The van der Waals surface area contributed by atoms with Gasteiger partial charge in [-0.15, -0.1) is 0 Å². The number of hydrogen-bond acceptors (Lipinski definition) is 4. The highest BCUT2D eigenvalue weighted by Gasteiger charge is 2.21. The molecule has 1 aliphatic heterocycles. The first kappa shape index (κ1) is 12.7. The molecule has 19 heavy (non-hydrogen) atoms. The van der Waals surface area contributed by atoms with E-state index in [1.165, 1.54) is 6.07 Å². The maximum Gasteiger partial charge on any atom is 0.180 e. The van der Waals surface area contributed by atoms with Crippen molar-refractivity contribution in [3.63, 3.8) is 0 Å². The Labute approximate surface area is 115 Å². The Kier molecular flexibility index (Phi) is 3.33. The summed E-state index contributed by atoms with van der Waals surface area (Å²) in [6.07, 6.45) is 0. The lowest BCUT2D eigenvalue weighted by molar-refractivity contribution is 0.269. The second kappa shape index (κ2) is 4.98. The first-order chi connectivity index (χ1) is 9.19. The molecule has 0 bridgehead atoms. The average molecular weight is 284 g/mol. The molecule has 6 heteroatoms. The van der Waals surface area contributed by atoms with E-state index in [-0.39, 0.29) is 5.02 Å². The number of anilines is 1. The van der Waals surface area contributed by atoms with Crippen molar-refractivity contribution in [1.82, 2.24) is 10.1 Å². The fraction of sp³-hybridized carbons (Fsp3) is 0.462. The minimum absolute atomic E-state index is 0.101. The zero-order valence-electron chi connectivity index (χ0n) is 10.7. The van der Waals surface area contributed by atoms with E-state index in [2.05, 4.69) is 21.9 Å². The molecule has 1 saturated heterocycles. The average Bonchev–Trinajstić information content (AvgIpc) is 2.82. The molecule has 0 spiro atoms. The first-order valence-corrected chi connectivity index (χ1v) is 6.78. The van der Waals surface area contributed by atoms with Gasteiger partial charge < -0.3 is 14.3 Å². The second-order valence-corrected chi connectivity index (χ2v) is 5.10. The molecule has 2 heterocycles. The monoisotopic (exact) mass is 283 g/mol. The van der Waals surface area contributed by atoms with E-state index >= 15 is 0 Å². The van der Waals surface area contributed by atoms with E-state index in [0.717, 1.165) is 43.9 Å². The maximum absolute atomic E-state index is 13.4. The molecule has 3 rings (SSSR count). The number of hydrogen-bond donors (Lipinski definition) is 0. The summed E-state index contributed by atoms with van der Waals surface area (Å²) in [4.78, 5) is 4.54. The van der Waals surface area contributed by atoms with E-state index < -0.39 is 5.82 Å². The third-order valence-electron chi connectivity index (χ3n) is 3.61. The molecular weight excluding hydrogens is 269 g/mol. The lowest BCUT2D eigenvalue weighted by atomic mass is 10.2. The lowest BCUT2D eigenvalue weighted by Gasteiger charge is -2.33. The fourth-order valence-corrected chi connectivity index (χ4v) is 2.59. The summed E-state index contributed by atoms with van der Waals surface area (Å²) in [5.74, 6) is 0.278. The van der Waals surface area contributed by atoms with Gasteiger partial charge in [-0.05, 0) is 12.6 Å². The number of benzene rings is 1. The van der Waals surface area contributed by atoms with Crippen LogP contribution in [0.2, 0.25) is 5.02 Å². The van der Waals surface area contributed by atoms with E-state index in [1.54, 1.807) is 6.07 Å². The van der Waals surface area contributed by atoms with Crippen molar-refractivity contribution in [1.29, 1.82) is 0 Å². The summed E-state index contributed by atoms with van der Waals surface area (Å²) in [6.45, 7) is 7.00. The van der Waals surface area contributed by atoms with Crippen molar-refractivity contribution in [2.75, 3.05) is 37.6 Å². The summed E-state index contributed by atoms with van der Waals surface area (Å²) in [6, 6.07) is 2.88. The summed E-state index contributed by atoms with van der Waals surface area (Å²) in [7, 11) is 0. The molecule has 0 N–H and O–H groups in total. The predicted molar refractivity (Wildman–Crippen MR) is 73.3 cm³/mol. The van der Waals surface area contributed by atoms with Gasteiger partial charge in [0.2, 0.25) is 0 Å². The third kappa shape index (κ3) is 2.28. The van der Waals surface area contributed by atoms with Gasteiger partial charge in [0, 0.05) is 32.2 Å². The van der Waals surface area contributed by atoms with Gasteiger partial charge in [0.15, 0.2) is 11.4 Å². The molecule has 0 atom stereocenters. The van der Waals surface area contributed by atoms with Crippen molar-refractivity contribution in [3.8, 4) is 0 Å². The maximum atomic E-state index is 13.4. The Morgan fingerprint density at radius 2 is 2.05 bits per heavy atom. The van der Waals surface area contributed by atoms with Gasteiger partial charge in [-0.3, -0.25) is 0 Å². The van der Waals surface area contributed by atoms with E-state index in [1.807, 2.05) is 0 Å². The van der Waals surface area contributed by atoms with Crippen LogP contribution >= 0.6 is 11.6 Å². The summed E-state index contributed by atoms with van der Waals surface area (Å²) in [5.41, 5.74) is 0.440. The summed E-state index contributed by atoms with van der Waals surface area (Å²) in [5, 5.41) is 4.93.